The number of aliphatic hydroxyl groups excluding tert-OH is 1. The molecule has 24 heavy (non-hydrogen) atoms. The summed E-state index contributed by atoms with van der Waals surface area (Å²) >= 11 is 0. The Morgan fingerprint density at radius 2 is 2.21 bits per heavy atom. The number of oxime groups is 1. The van der Waals surface area contributed by atoms with E-state index in [1.54, 1.807) is 7.11 Å². The van der Waals surface area contributed by atoms with Crippen molar-refractivity contribution >= 4 is 5.71 Å². The Kier molecular flexibility index (Phi) is 4.10. The quantitative estimate of drug-likeness (QED) is 0.915. The van der Waals surface area contributed by atoms with E-state index in [0.29, 0.717) is 24.5 Å². The molecule has 1 N–H and O–H groups in total. The highest BCUT2D eigenvalue weighted by molar-refractivity contribution is 6.02. The van der Waals surface area contributed by atoms with Crippen LogP contribution >= 0.6 is 0 Å². The zero-order chi connectivity index (χ0) is 16.6. The van der Waals surface area contributed by atoms with Crippen LogP contribution in [0.15, 0.2) is 23.4 Å². The third-order valence-electron chi connectivity index (χ3n) is 5.05. The zero-order valence-corrected chi connectivity index (χ0v) is 13.9. The maximum atomic E-state index is 9.69. The first-order valence-corrected chi connectivity index (χ1v) is 8.53. The molecule has 3 unspecified atom stereocenters. The zero-order valence-electron chi connectivity index (χ0n) is 13.9. The highest BCUT2D eigenvalue weighted by Gasteiger charge is 2.43. The number of hydrogen-bond donors (Lipinski definition) is 1. The van der Waals surface area contributed by atoms with E-state index in [-0.39, 0.29) is 17.8 Å². The molecule has 0 radical (unpaired) electrons. The van der Waals surface area contributed by atoms with Gasteiger partial charge in [-0.1, -0.05) is 5.16 Å². The fourth-order valence-corrected chi connectivity index (χ4v) is 3.63. The number of ether oxygens (including phenoxy) is 3. The molecule has 3 atom stereocenters. The van der Waals surface area contributed by atoms with Gasteiger partial charge in [0.1, 0.15) is 6.10 Å². The van der Waals surface area contributed by atoms with Crippen LogP contribution in [0.4, 0.5) is 0 Å². The second kappa shape index (κ2) is 6.26. The molecule has 4 rings (SSSR count). The fraction of sp³-hybridized carbons (Fsp3) is 0.611. The standard InChI is InChI=1S/C18H23NO5/c1-21-16-5-2-12(8-17(16)23-14-4-3-13(20)9-14)15-10-18(24-19-15)6-7-22-11-18/h2,5,8,13-14,20H,3-4,6-7,9-11H2,1H3. The Morgan fingerprint density at radius 3 is 2.92 bits per heavy atom. The van der Waals surface area contributed by atoms with Crippen molar-refractivity contribution in [2.45, 2.75) is 49.9 Å². The Balaban J connectivity index is 1.53. The van der Waals surface area contributed by atoms with Crippen molar-refractivity contribution in [1.29, 1.82) is 0 Å². The van der Waals surface area contributed by atoms with Gasteiger partial charge in [-0.2, -0.15) is 0 Å². The summed E-state index contributed by atoms with van der Waals surface area (Å²) in [6.07, 6.45) is 3.70. The van der Waals surface area contributed by atoms with E-state index in [9.17, 15) is 5.11 Å². The monoisotopic (exact) mass is 333 g/mol. The maximum Gasteiger partial charge on any atom is 0.168 e. The van der Waals surface area contributed by atoms with E-state index in [4.69, 9.17) is 19.0 Å². The maximum absolute atomic E-state index is 9.69. The molecule has 2 aliphatic heterocycles. The van der Waals surface area contributed by atoms with Crippen LogP contribution < -0.4 is 9.47 Å². The topological polar surface area (TPSA) is 69.5 Å². The SMILES string of the molecule is COc1ccc(C2=NOC3(CCOC3)C2)cc1OC1CCC(O)C1. The van der Waals surface area contributed by atoms with Crippen molar-refractivity contribution < 1.29 is 24.2 Å². The van der Waals surface area contributed by atoms with Crippen LogP contribution in [-0.2, 0) is 9.57 Å². The minimum absolute atomic E-state index is 0.0282. The largest absolute Gasteiger partial charge is 0.493 e. The van der Waals surface area contributed by atoms with E-state index in [1.165, 1.54) is 0 Å². The summed E-state index contributed by atoms with van der Waals surface area (Å²) in [5.41, 5.74) is 1.61. The van der Waals surface area contributed by atoms with Gasteiger partial charge in [-0.15, -0.1) is 0 Å². The summed E-state index contributed by atoms with van der Waals surface area (Å²) in [4.78, 5) is 5.67. The molecular formula is C18H23NO5. The first kappa shape index (κ1) is 15.7. The lowest BCUT2D eigenvalue weighted by Gasteiger charge is -2.18. The highest BCUT2D eigenvalue weighted by Crippen LogP contribution is 2.37. The molecule has 0 bridgehead atoms. The molecule has 1 aromatic carbocycles. The smallest absolute Gasteiger partial charge is 0.168 e. The Labute approximate surface area is 141 Å². The van der Waals surface area contributed by atoms with Crippen molar-refractivity contribution in [3.05, 3.63) is 23.8 Å². The molecule has 1 saturated carbocycles. The summed E-state index contributed by atoms with van der Waals surface area (Å²) in [5, 5.41) is 14.0. The minimum atomic E-state index is -0.286. The van der Waals surface area contributed by atoms with Crippen LogP contribution in [0.5, 0.6) is 11.5 Å². The van der Waals surface area contributed by atoms with E-state index in [0.717, 1.165) is 43.6 Å². The normalized spacial score (nSPS) is 32.0. The Hall–Kier alpha value is -1.79. The summed E-state index contributed by atoms with van der Waals surface area (Å²) < 4.78 is 17.0. The van der Waals surface area contributed by atoms with Gasteiger partial charge < -0.3 is 24.2 Å². The molecule has 6 nitrogen and oxygen atoms in total. The summed E-state index contributed by atoms with van der Waals surface area (Å²) in [6, 6.07) is 5.83. The number of nitrogens with zero attached hydrogens (tertiary/aromatic N) is 1. The lowest BCUT2D eigenvalue weighted by Crippen LogP contribution is -2.29. The fourth-order valence-electron chi connectivity index (χ4n) is 3.63. The molecule has 130 valence electrons. The van der Waals surface area contributed by atoms with Gasteiger partial charge in [-0.05, 0) is 31.0 Å². The van der Waals surface area contributed by atoms with E-state index >= 15 is 0 Å². The predicted octanol–water partition coefficient (Wildman–Crippen LogP) is 2.27. The van der Waals surface area contributed by atoms with Gasteiger partial charge >= 0.3 is 0 Å². The highest BCUT2D eigenvalue weighted by atomic mass is 16.7. The number of benzene rings is 1. The summed E-state index contributed by atoms with van der Waals surface area (Å²) in [7, 11) is 1.63. The molecule has 1 saturated heterocycles. The van der Waals surface area contributed by atoms with Gasteiger partial charge in [0.25, 0.3) is 0 Å². The Morgan fingerprint density at radius 1 is 1.29 bits per heavy atom. The molecule has 1 aliphatic carbocycles. The molecule has 2 fully saturated rings. The van der Waals surface area contributed by atoms with Gasteiger partial charge in [0, 0.05) is 24.8 Å². The van der Waals surface area contributed by atoms with E-state index < -0.39 is 0 Å². The first-order chi connectivity index (χ1) is 11.7. The van der Waals surface area contributed by atoms with Crippen molar-refractivity contribution in [1.82, 2.24) is 0 Å². The average Bonchev–Trinajstić information content (AvgIpc) is 3.31. The van der Waals surface area contributed by atoms with Crippen molar-refractivity contribution in [3.63, 3.8) is 0 Å². The molecule has 3 aliphatic rings. The predicted molar refractivity (Wildman–Crippen MR) is 87.7 cm³/mol. The molecule has 0 amide bonds. The molecule has 1 spiro atoms. The van der Waals surface area contributed by atoms with E-state index in [2.05, 4.69) is 5.16 Å². The van der Waals surface area contributed by atoms with Crippen LogP contribution in [0.1, 0.15) is 37.7 Å². The minimum Gasteiger partial charge on any atom is -0.493 e. The average molecular weight is 333 g/mol. The lowest BCUT2D eigenvalue weighted by atomic mass is 9.93. The van der Waals surface area contributed by atoms with Gasteiger partial charge in [-0.25, -0.2) is 0 Å². The first-order valence-electron chi connectivity index (χ1n) is 8.53. The summed E-state index contributed by atoms with van der Waals surface area (Å²) in [6.45, 7) is 1.32. The van der Waals surface area contributed by atoms with Gasteiger partial charge in [0.05, 0.1) is 32.1 Å². The van der Waals surface area contributed by atoms with Crippen LogP contribution in [0.3, 0.4) is 0 Å². The van der Waals surface area contributed by atoms with Gasteiger partial charge in [-0.3, -0.25) is 0 Å². The molecular weight excluding hydrogens is 310 g/mol. The number of rotatable bonds is 4. The third-order valence-corrected chi connectivity index (χ3v) is 5.05. The van der Waals surface area contributed by atoms with Gasteiger partial charge in [0.2, 0.25) is 0 Å². The van der Waals surface area contributed by atoms with E-state index in [1.807, 2.05) is 18.2 Å². The number of hydrogen-bond acceptors (Lipinski definition) is 6. The molecule has 0 aromatic heterocycles. The molecule has 2 heterocycles. The van der Waals surface area contributed by atoms with Crippen LogP contribution in [-0.4, -0.2) is 49.0 Å². The van der Waals surface area contributed by atoms with Gasteiger partial charge in [0.15, 0.2) is 17.1 Å². The lowest BCUT2D eigenvalue weighted by molar-refractivity contribution is -0.0237. The second-order valence-electron chi connectivity index (χ2n) is 6.86. The van der Waals surface area contributed by atoms with Crippen LogP contribution in [0.2, 0.25) is 0 Å². The summed E-state index contributed by atoms with van der Waals surface area (Å²) in [5.74, 6) is 1.39. The second-order valence-corrected chi connectivity index (χ2v) is 6.86. The Bertz CT molecular complexity index is 638. The number of methoxy groups -OCH3 is 1. The van der Waals surface area contributed by atoms with Crippen molar-refractivity contribution in [2.24, 2.45) is 5.16 Å². The van der Waals surface area contributed by atoms with Crippen LogP contribution in [0.25, 0.3) is 0 Å². The number of aliphatic hydroxyl groups is 1. The van der Waals surface area contributed by atoms with Crippen molar-refractivity contribution in [3.8, 4) is 11.5 Å². The third kappa shape index (κ3) is 2.96. The van der Waals surface area contributed by atoms with Crippen LogP contribution in [0, 0.1) is 0 Å². The molecule has 1 aromatic rings. The van der Waals surface area contributed by atoms with Crippen molar-refractivity contribution in [2.75, 3.05) is 20.3 Å². The molecule has 6 heteroatoms.